The highest BCUT2D eigenvalue weighted by Gasteiger charge is 2.26. The van der Waals surface area contributed by atoms with E-state index in [4.69, 9.17) is 10.9 Å². The van der Waals surface area contributed by atoms with Crippen molar-refractivity contribution in [1.29, 1.82) is 0 Å². The van der Waals surface area contributed by atoms with Gasteiger partial charge in [0.15, 0.2) is 5.84 Å². The van der Waals surface area contributed by atoms with Gasteiger partial charge in [-0.25, -0.2) is 0 Å². The van der Waals surface area contributed by atoms with Crippen LogP contribution in [0, 0.1) is 5.92 Å². The maximum atomic E-state index is 9.59. The molecule has 0 saturated carbocycles. The summed E-state index contributed by atoms with van der Waals surface area (Å²) in [6, 6.07) is 3.68. The Labute approximate surface area is 106 Å². The molecule has 0 aromatic carbocycles. The lowest BCUT2D eigenvalue weighted by atomic mass is 10.0. The Hall–Kier alpha value is -1.82. The summed E-state index contributed by atoms with van der Waals surface area (Å²) in [4.78, 5) is 6.22. The van der Waals surface area contributed by atoms with Gasteiger partial charge < -0.3 is 20.9 Å². The fourth-order valence-corrected chi connectivity index (χ4v) is 2.22. The Morgan fingerprint density at radius 3 is 3.06 bits per heavy atom. The summed E-state index contributed by atoms with van der Waals surface area (Å²) in [6.45, 7) is 3.54. The maximum Gasteiger partial charge on any atom is 0.188 e. The highest BCUT2D eigenvalue weighted by atomic mass is 16.4. The van der Waals surface area contributed by atoms with Crippen LogP contribution < -0.4 is 10.6 Å². The van der Waals surface area contributed by atoms with Gasteiger partial charge in [-0.3, -0.25) is 4.98 Å². The van der Waals surface area contributed by atoms with Crippen LogP contribution in [0.5, 0.6) is 0 Å². The molecule has 2 atom stereocenters. The molecule has 0 spiro atoms. The van der Waals surface area contributed by atoms with E-state index in [-0.39, 0.29) is 11.9 Å². The lowest BCUT2D eigenvalue weighted by molar-refractivity contribution is 0.136. The van der Waals surface area contributed by atoms with Crippen molar-refractivity contribution in [2.45, 2.75) is 19.4 Å². The van der Waals surface area contributed by atoms with E-state index >= 15 is 0 Å². The van der Waals surface area contributed by atoms with Gasteiger partial charge in [0.1, 0.15) is 5.69 Å². The molecule has 1 aliphatic heterocycles. The molecule has 0 aliphatic carbocycles. The van der Waals surface area contributed by atoms with Crippen LogP contribution in [0.1, 0.15) is 19.0 Å². The van der Waals surface area contributed by atoms with Gasteiger partial charge >= 0.3 is 0 Å². The minimum absolute atomic E-state index is 0.00289. The van der Waals surface area contributed by atoms with E-state index in [1.807, 2.05) is 13.0 Å². The second kappa shape index (κ2) is 5.22. The van der Waals surface area contributed by atoms with Crippen LogP contribution in [0.4, 0.5) is 5.69 Å². The van der Waals surface area contributed by atoms with Crippen molar-refractivity contribution in [2.75, 3.05) is 18.0 Å². The summed E-state index contributed by atoms with van der Waals surface area (Å²) in [7, 11) is 0. The normalized spacial score (nSPS) is 22.2. The van der Waals surface area contributed by atoms with Crippen molar-refractivity contribution in [3.8, 4) is 0 Å². The van der Waals surface area contributed by atoms with E-state index < -0.39 is 0 Å². The molecule has 0 amide bonds. The molecular formula is C12H18N4O2. The molecule has 1 saturated heterocycles. The third-order valence-corrected chi connectivity index (χ3v) is 3.39. The lowest BCUT2D eigenvalue weighted by Crippen LogP contribution is -2.24. The quantitative estimate of drug-likeness (QED) is 0.312. The van der Waals surface area contributed by atoms with Crippen molar-refractivity contribution >= 4 is 11.5 Å². The van der Waals surface area contributed by atoms with E-state index in [1.54, 1.807) is 12.3 Å². The van der Waals surface area contributed by atoms with E-state index in [1.165, 1.54) is 0 Å². The first kappa shape index (κ1) is 12.6. The van der Waals surface area contributed by atoms with Gasteiger partial charge in [-0.15, -0.1) is 0 Å². The fourth-order valence-electron chi connectivity index (χ4n) is 2.22. The molecule has 1 aromatic heterocycles. The number of hydrogen-bond donors (Lipinski definition) is 3. The zero-order chi connectivity index (χ0) is 13.1. The molecule has 1 aliphatic rings. The summed E-state index contributed by atoms with van der Waals surface area (Å²) in [6.07, 6.45) is 2.32. The number of aromatic nitrogens is 1. The summed E-state index contributed by atoms with van der Waals surface area (Å²) in [5.41, 5.74) is 6.95. The standard InChI is InChI=1S/C12H18N4O2/c1-8(17)9-3-5-16(7-9)10-2-4-14-11(6-10)12(13)15-18/h2,4,6,8-9,17-18H,3,5,7H2,1H3,(H2,13,15). The van der Waals surface area contributed by atoms with Gasteiger partial charge in [0.05, 0.1) is 6.10 Å². The Morgan fingerprint density at radius 2 is 2.44 bits per heavy atom. The van der Waals surface area contributed by atoms with Crippen molar-refractivity contribution in [2.24, 2.45) is 16.8 Å². The molecule has 98 valence electrons. The number of aliphatic hydroxyl groups excluding tert-OH is 1. The predicted octanol–water partition coefficient (Wildman–Crippen LogP) is 0.383. The van der Waals surface area contributed by atoms with Gasteiger partial charge in [-0.05, 0) is 25.5 Å². The first-order valence-corrected chi connectivity index (χ1v) is 5.98. The molecule has 6 nitrogen and oxygen atoms in total. The number of anilines is 1. The molecule has 2 unspecified atom stereocenters. The zero-order valence-electron chi connectivity index (χ0n) is 10.3. The fraction of sp³-hybridized carbons (Fsp3) is 0.500. The van der Waals surface area contributed by atoms with Crippen molar-refractivity contribution in [3.63, 3.8) is 0 Å². The maximum absolute atomic E-state index is 9.59. The van der Waals surface area contributed by atoms with Crippen LogP contribution in [-0.2, 0) is 0 Å². The van der Waals surface area contributed by atoms with Crippen LogP contribution in [-0.4, -0.2) is 40.3 Å². The zero-order valence-corrected chi connectivity index (χ0v) is 10.3. The smallest absolute Gasteiger partial charge is 0.188 e. The van der Waals surface area contributed by atoms with E-state index in [0.29, 0.717) is 11.6 Å². The van der Waals surface area contributed by atoms with Crippen LogP contribution >= 0.6 is 0 Å². The number of amidine groups is 1. The van der Waals surface area contributed by atoms with Gasteiger partial charge in [-0.2, -0.15) is 0 Å². The first-order valence-electron chi connectivity index (χ1n) is 5.98. The number of aliphatic hydroxyl groups is 1. The molecule has 1 fully saturated rings. The number of nitrogens with two attached hydrogens (primary N) is 1. The second-order valence-electron chi connectivity index (χ2n) is 4.62. The molecule has 2 heterocycles. The molecule has 2 rings (SSSR count). The molecule has 6 heteroatoms. The number of hydrogen-bond acceptors (Lipinski definition) is 5. The first-order chi connectivity index (χ1) is 8.61. The summed E-state index contributed by atoms with van der Waals surface area (Å²) in [5.74, 6) is 0.300. The monoisotopic (exact) mass is 250 g/mol. The predicted molar refractivity (Wildman–Crippen MR) is 68.7 cm³/mol. The van der Waals surface area contributed by atoms with Crippen LogP contribution in [0.2, 0.25) is 0 Å². The lowest BCUT2D eigenvalue weighted by Gasteiger charge is -2.20. The van der Waals surface area contributed by atoms with Crippen LogP contribution in [0.15, 0.2) is 23.5 Å². The molecule has 0 bridgehead atoms. The molecule has 18 heavy (non-hydrogen) atoms. The minimum atomic E-state index is -0.291. The highest BCUT2D eigenvalue weighted by molar-refractivity contribution is 5.95. The number of nitrogens with zero attached hydrogens (tertiary/aromatic N) is 3. The molecule has 0 radical (unpaired) electrons. The number of oxime groups is 1. The van der Waals surface area contributed by atoms with Gasteiger partial charge in [0.2, 0.25) is 0 Å². The summed E-state index contributed by atoms with van der Waals surface area (Å²) < 4.78 is 0. The Morgan fingerprint density at radius 1 is 1.67 bits per heavy atom. The average molecular weight is 250 g/mol. The van der Waals surface area contributed by atoms with Crippen LogP contribution in [0.25, 0.3) is 0 Å². The van der Waals surface area contributed by atoms with E-state index in [0.717, 1.165) is 25.2 Å². The third-order valence-electron chi connectivity index (χ3n) is 3.39. The molecule has 4 N–H and O–H groups in total. The van der Waals surface area contributed by atoms with Crippen molar-refractivity contribution < 1.29 is 10.3 Å². The molecular weight excluding hydrogens is 232 g/mol. The Bertz CT molecular complexity index is 447. The van der Waals surface area contributed by atoms with Gasteiger partial charge in [0, 0.05) is 30.9 Å². The van der Waals surface area contributed by atoms with Crippen molar-refractivity contribution in [1.82, 2.24) is 4.98 Å². The molecule has 1 aromatic rings. The average Bonchev–Trinajstić information content (AvgIpc) is 2.88. The van der Waals surface area contributed by atoms with E-state index in [9.17, 15) is 5.11 Å². The SMILES string of the molecule is CC(O)C1CCN(c2ccnc(/C(N)=N/O)c2)C1. The summed E-state index contributed by atoms with van der Waals surface area (Å²) >= 11 is 0. The number of rotatable bonds is 3. The van der Waals surface area contributed by atoms with Crippen LogP contribution in [0.3, 0.4) is 0 Å². The topological polar surface area (TPSA) is 95.0 Å². The highest BCUT2D eigenvalue weighted by Crippen LogP contribution is 2.25. The second-order valence-corrected chi connectivity index (χ2v) is 4.62. The van der Waals surface area contributed by atoms with Crippen molar-refractivity contribution in [3.05, 3.63) is 24.0 Å². The summed E-state index contributed by atoms with van der Waals surface area (Å²) in [5, 5.41) is 21.2. The number of pyridine rings is 1. The minimum Gasteiger partial charge on any atom is -0.409 e. The Kier molecular flexibility index (Phi) is 3.66. The third kappa shape index (κ3) is 2.53. The van der Waals surface area contributed by atoms with E-state index in [2.05, 4.69) is 15.0 Å². The Balaban J connectivity index is 2.15. The van der Waals surface area contributed by atoms with Gasteiger partial charge in [0.25, 0.3) is 0 Å². The van der Waals surface area contributed by atoms with Gasteiger partial charge in [-0.1, -0.05) is 5.16 Å². The largest absolute Gasteiger partial charge is 0.409 e.